The fourth-order valence-electron chi connectivity index (χ4n) is 3.76. The molecule has 0 aliphatic rings. The molecule has 0 unspecified atom stereocenters. The van der Waals surface area contributed by atoms with Crippen LogP contribution in [0.4, 0.5) is 0 Å². The highest BCUT2D eigenvalue weighted by molar-refractivity contribution is 7.17. The molecule has 6 heterocycles. The zero-order valence-corrected chi connectivity index (χ0v) is 17.6. The third kappa shape index (κ3) is 2.98. The molecule has 0 radical (unpaired) electrons. The van der Waals surface area contributed by atoms with Gasteiger partial charge in [0.25, 0.3) is 0 Å². The van der Waals surface area contributed by atoms with Gasteiger partial charge in [0, 0.05) is 57.1 Å². The van der Waals surface area contributed by atoms with E-state index >= 15 is 0 Å². The lowest BCUT2D eigenvalue weighted by Gasteiger charge is -2.00. The topological polar surface area (TPSA) is 113 Å². The summed E-state index contributed by atoms with van der Waals surface area (Å²) in [6.07, 6.45) is 10.4. The minimum absolute atomic E-state index is 0.0613. The number of ketones is 1. The molecule has 6 aromatic heterocycles. The van der Waals surface area contributed by atoms with Gasteiger partial charge < -0.3 is 4.98 Å². The van der Waals surface area contributed by atoms with Crippen LogP contribution in [0.25, 0.3) is 54.9 Å². The number of hydrogen-bond acceptors (Lipinski definition) is 7. The van der Waals surface area contributed by atoms with Crippen molar-refractivity contribution in [2.24, 2.45) is 0 Å². The van der Waals surface area contributed by atoms with Crippen LogP contribution in [-0.4, -0.2) is 40.9 Å². The first-order chi connectivity index (χ1) is 15.7. The Kier molecular flexibility index (Phi) is 4.15. The SMILES string of the molecule is CC(=O)c1ccc(-c2cncc3[nH]c(-c4n[nH]c5ncc(-c6cncnc6)cc45)cc23)s1. The van der Waals surface area contributed by atoms with Gasteiger partial charge in [-0.25, -0.2) is 15.0 Å². The molecular formula is C23H15N7OS. The summed E-state index contributed by atoms with van der Waals surface area (Å²) in [5, 5.41) is 9.43. The molecule has 0 spiro atoms. The van der Waals surface area contributed by atoms with Gasteiger partial charge in [-0.15, -0.1) is 11.3 Å². The Morgan fingerprint density at radius 1 is 0.938 bits per heavy atom. The van der Waals surface area contributed by atoms with Crippen LogP contribution in [0.5, 0.6) is 0 Å². The normalized spacial score (nSPS) is 11.4. The highest BCUT2D eigenvalue weighted by atomic mass is 32.1. The molecule has 0 aliphatic heterocycles. The summed E-state index contributed by atoms with van der Waals surface area (Å²) in [6, 6.07) is 7.92. The van der Waals surface area contributed by atoms with Crippen LogP contribution in [-0.2, 0) is 0 Å². The van der Waals surface area contributed by atoms with Crippen molar-refractivity contribution in [2.75, 3.05) is 0 Å². The van der Waals surface area contributed by atoms with Gasteiger partial charge in [0.15, 0.2) is 11.4 Å². The molecule has 0 aromatic carbocycles. The average molecular weight is 437 g/mol. The lowest BCUT2D eigenvalue weighted by molar-refractivity contribution is 0.102. The molecule has 0 amide bonds. The summed E-state index contributed by atoms with van der Waals surface area (Å²) in [6.45, 7) is 1.58. The monoisotopic (exact) mass is 437 g/mol. The second-order valence-corrected chi connectivity index (χ2v) is 8.45. The van der Waals surface area contributed by atoms with Crippen LogP contribution in [0, 0.1) is 0 Å². The van der Waals surface area contributed by atoms with Crippen LogP contribution < -0.4 is 0 Å². The molecule has 32 heavy (non-hydrogen) atoms. The number of Topliss-reactive ketones (excluding diaryl/α,β-unsaturated/α-hetero) is 1. The third-order valence-corrected chi connectivity index (χ3v) is 6.55. The van der Waals surface area contributed by atoms with E-state index in [2.05, 4.69) is 41.2 Å². The van der Waals surface area contributed by atoms with Crippen molar-refractivity contribution in [2.45, 2.75) is 6.92 Å². The standard InChI is InChI=1S/C23H15N7OS/c1-12(31)20-2-3-21(32-20)17-9-24-10-19-15(17)5-18(28-19)22-16-4-13(8-27-23(16)30-29-22)14-6-25-11-26-7-14/h2-11,28H,1H3,(H,27,29,30). The summed E-state index contributed by atoms with van der Waals surface area (Å²) in [5.74, 6) is 0.0613. The van der Waals surface area contributed by atoms with Crippen molar-refractivity contribution < 1.29 is 4.79 Å². The van der Waals surface area contributed by atoms with Gasteiger partial charge in [0.2, 0.25) is 0 Å². The Morgan fingerprint density at radius 2 is 1.81 bits per heavy atom. The average Bonchev–Trinajstić information content (AvgIpc) is 3.56. The van der Waals surface area contributed by atoms with Gasteiger partial charge >= 0.3 is 0 Å². The summed E-state index contributed by atoms with van der Waals surface area (Å²) in [5.41, 5.74) is 5.98. The largest absolute Gasteiger partial charge is 0.352 e. The number of rotatable bonds is 4. The number of nitrogens with one attached hydrogen (secondary N) is 2. The van der Waals surface area contributed by atoms with Crippen molar-refractivity contribution >= 4 is 39.1 Å². The smallest absolute Gasteiger partial charge is 0.169 e. The Balaban J connectivity index is 1.49. The van der Waals surface area contributed by atoms with Gasteiger partial charge in [-0.1, -0.05) is 0 Å². The molecule has 6 aromatic rings. The maximum absolute atomic E-state index is 11.7. The molecule has 0 aliphatic carbocycles. The lowest BCUT2D eigenvalue weighted by Crippen LogP contribution is -1.85. The highest BCUT2D eigenvalue weighted by Gasteiger charge is 2.16. The second kappa shape index (κ2) is 7.17. The number of H-pyrrole nitrogens is 2. The van der Waals surface area contributed by atoms with Gasteiger partial charge in [0.05, 0.1) is 22.3 Å². The van der Waals surface area contributed by atoms with Crippen LogP contribution in [0.1, 0.15) is 16.6 Å². The van der Waals surface area contributed by atoms with E-state index in [1.807, 2.05) is 24.4 Å². The Labute approximate surface area is 185 Å². The van der Waals surface area contributed by atoms with Crippen LogP contribution >= 0.6 is 11.3 Å². The maximum atomic E-state index is 11.7. The van der Waals surface area contributed by atoms with E-state index in [4.69, 9.17) is 0 Å². The first-order valence-corrected chi connectivity index (χ1v) is 10.7. The molecule has 2 N–H and O–H groups in total. The number of aromatic nitrogens is 7. The lowest BCUT2D eigenvalue weighted by atomic mass is 10.1. The number of nitrogens with zero attached hydrogens (tertiary/aromatic N) is 5. The minimum atomic E-state index is 0.0613. The number of thiophene rings is 1. The molecule has 0 fully saturated rings. The van der Waals surface area contributed by atoms with E-state index in [1.165, 1.54) is 17.7 Å². The second-order valence-electron chi connectivity index (χ2n) is 7.37. The number of hydrogen-bond donors (Lipinski definition) is 2. The summed E-state index contributed by atoms with van der Waals surface area (Å²) in [4.78, 5) is 34.0. The summed E-state index contributed by atoms with van der Waals surface area (Å²) < 4.78 is 0. The molecule has 0 saturated carbocycles. The molecule has 9 heteroatoms. The minimum Gasteiger partial charge on any atom is -0.352 e. The number of pyridine rings is 2. The quantitative estimate of drug-likeness (QED) is 0.380. The van der Waals surface area contributed by atoms with E-state index in [0.29, 0.717) is 5.65 Å². The van der Waals surface area contributed by atoms with Gasteiger partial charge in [-0.2, -0.15) is 5.10 Å². The molecule has 154 valence electrons. The maximum Gasteiger partial charge on any atom is 0.169 e. The van der Waals surface area contributed by atoms with Crippen molar-refractivity contribution in [3.05, 3.63) is 66.5 Å². The van der Waals surface area contributed by atoms with Crippen molar-refractivity contribution in [3.63, 3.8) is 0 Å². The number of carbonyl (C=O) groups excluding carboxylic acids is 1. The Hall–Kier alpha value is -4.24. The van der Waals surface area contributed by atoms with Crippen molar-refractivity contribution in [3.8, 4) is 33.0 Å². The predicted molar refractivity (Wildman–Crippen MR) is 123 cm³/mol. The molecule has 0 saturated heterocycles. The van der Waals surface area contributed by atoms with E-state index < -0.39 is 0 Å². The zero-order valence-electron chi connectivity index (χ0n) is 16.8. The van der Waals surface area contributed by atoms with Gasteiger partial charge in [-0.05, 0) is 31.2 Å². The van der Waals surface area contributed by atoms with E-state index in [1.54, 1.807) is 31.7 Å². The third-order valence-electron chi connectivity index (χ3n) is 5.33. The first kappa shape index (κ1) is 18.5. The van der Waals surface area contributed by atoms with Crippen LogP contribution in [0.2, 0.25) is 0 Å². The summed E-state index contributed by atoms with van der Waals surface area (Å²) >= 11 is 1.47. The fourth-order valence-corrected chi connectivity index (χ4v) is 4.69. The van der Waals surface area contributed by atoms with Crippen molar-refractivity contribution in [1.82, 2.24) is 35.1 Å². The van der Waals surface area contributed by atoms with Crippen molar-refractivity contribution in [1.29, 1.82) is 0 Å². The van der Waals surface area contributed by atoms with E-state index in [-0.39, 0.29) is 5.78 Å². The highest BCUT2D eigenvalue weighted by Crippen LogP contribution is 2.36. The first-order valence-electron chi connectivity index (χ1n) is 9.85. The van der Waals surface area contributed by atoms with Crippen LogP contribution in [0.15, 0.2) is 61.6 Å². The molecular weight excluding hydrogens is 422 g/mol. The molecule has 8 nitrogen and oxygen atoms in total. The van der Waals surface area contributed by atoms with Gasteiger partial charge in [-0.3, -0.25) is 14.9 Å². The molecule has 6 rings (SSSR count). The van der Waals surface area contributed by atoms with Gasteiger partial charge in [0.1, 0.15) is 12.0 Å². The fraction of sp³-hybridized carbons (Fsp3) is 0.0435. The molecule has 0 atom stereocenters. The number of fused-ring (bicyclic) bond motifs is 2. The Bertz CT molecular complexity index is 1610. The molecule has 0 bridgehead atoms. The summed E-state index contributed by atoms with van der Waals surface area (Å²) in [7, 11) is 0. The number of aromatic amines is 2. The zero-order chi connectivity index (χ0) is 21.7. The van der Waals surface area contributed by atoms with E-state index in [9.17, 15) is 4.79 Å². The van der Waals surface area contributed by atoms with Crippen LogP contribution in [0.3, 0.4) is 0 Å². The predicted octanol–water partition coefficient (Wildman–Crippen LogP) is 4.89. The van der Waals surface area contributed by atoms with E-state index in [0.717, 1.165) is 54.1 Å². The Morgan fingerprint density at radius 3 is 2.62 bits per heavy atom. The number of carbonyl (C=O) groups is 1.